The second-order valence-corrected chi connectivity index (χ2v) is 5.46. The van der Waals surface area contributed by atoms with Gasteiger partial charge in [0.25, 0.3) is 11.9 Å². The number of nitrogens with zero attached hydrogens (tertiary/aromatic N) is 4. The topological polar surface area (TPSA) is 43.6 Å². The second-order valence-electron chi connectivity index (χ2n) is 4.48. The Balaban J connectivity index is 2.02. The van der Waals surface area contributed by atoms with Gasteiger partial charge in [0.15, 0.2) is 22.6 Å². The Morgan fingerprint density at radius 1 is 0.913 bits per heavy atom. The van der Waals surface area contributed by atoms with Crippen molar-refractivity contribution in [1.29, 1.82) is 0 Å². The van der Waals surface area contributed by atoms with Gasteiger partial charge >= 0.3 is 0 Å². The molecule has 0 radical (unpaired) electrons. The summed E-state index contributed by atoms with van der Waals surface area (Å²) < 4.78 is 55.1. The molecule has 0 bridgehead atoms. The maximum Gasteiger partial charge on any atom is 0.252 e. The highest BCUT2D eigenvalue weighted by Crippen LogP contribution is 2.33. The molecule has 0 aliphatic carbocycles. The Kier molecular flexibility index (Phi) is 4.03. The molecular weight excluding hydrogens is 332 g/mol. The Morgan fingerprint density at radius 3 is 2.13 bits per heavy atom. The van der Waals surface area contributed by atoms with E-state index in [1.54, 1.807) is 31.3 Å². The summed E-state index contributed by atoms with van der Waals surface area (Å²) in [7, 11) is 1.58. The van der Waals surface area contributed by atoms with Crippen LogP contribution in [0.2, 0.25) is 0 Å². The zero-order chi connectivity index (χ0) is 16.6. The van der Waals surface area contributed by atoms with Gasteiger partial charge in [0, 0.05) is 12.6 Å². The first kappa shape index (κ1) is 15.5. The van der Waals surface area contributed by atoms with Gasteiger partial charge in [-0.15, -0.1) is 10.2 Å². The van der Waals surface area contributed by atoms with Crippen LogP contribution in [-0.4, -0.2) is 19.7 Å². The van der Waals surface area contributed by atoms with Crippen LogP contribution in [0.15, 0.2) is 40.4 Å². The molecule has 23 heavy (non-hydrogen) atoms. The molecule has 3 aromatic rings. The van der Waals surface area contributed by atoms with Gasteiger partial charge in [-0.25, -0.2) is 8.78 Å². The Morgan fingerprint density at radius 2 is 1.52 bits per heavy atom. The molecule has 0 aliphatic heterocycles. The van der Waals surface area contributed by atoms with E-state index in [0.29, 0.717) is 17.6 Å². The molecule has 9 heteroatoms. The summed E-state index contributed by atoms with van der Waals surface area (Å²) >= 11 is 0.431. The average molecular weight is 340 g/mol. The van der Waals surface area contributed by atoms with Gasteiger partial charge in [-0.3, -0.25) is 0 Å². The van der Waals surface area contributed by atoms with E-state index in [2.05, 4.69) is 15.2 Å². The molecule has 2 heterocycles. The lowest BCUT2D eigenvalue weighted by atomic mass is 10.2. The highest BCUT2D eigenvalue weighted by Gasteiger charge is 2.24. The normalized spacial score (nSPS) is 11.0. The van der Waals surface area contributed by atoms with E-state index in [1.807, 2.05) is 6.07 Å². The summed E-state index contributed by atoms with van der Waals surface area (Å²) in [5.74, 6) is -6.12. The van der Waals surface area contributed by atoms with Crippen LogP contribution in [0.1, 0.15) is 0 Å². The van der Waals surface area contributed by atoms with Gasteiger partial charge in [0.1, 0.15) is 0 Å². The van der Waals surface area contributed by atoms with Crippen LogP contribution < -0.4 is 0 Å². The number of halogens is 4. The lowest BCUT2D eigenvalue weighted by Crippen LogP contribution is -2.03. The van der Waals surface area contributed by atoms with E-state index >= 15 is 0 Å². The van der Waals surface area contributed by atoms with Crippen molar-refractivity contribution >= 4 is 11.8 Å². The predicted molar refractivity (Wildman–Crippen MR) is 74.6 cm³/mol. The molecule has 2 aromatic heterocycles. The first-order chi connectivity index (χ1) is 11.0. The summed E-state index contributed by atoms with van der Waals surface area (Å²) in [6, 6.07) is 8.98. The molecule has 1 aromatic carbocycles. The standard InChI is InChI=1S/C14H8F4N4S/c1-22-13(7-5-3-2-4-6-7)20-21-14(22)23-10-8(15)11(17)19-12(18)9(10)16/h2-6H,1H3. The number of aromatic nitrogens is 4. The van der Waals surface area contributed by atoms with Crippen molar-refractivity contribution in [2.24, 2.45) is 7.05 Å². The minimum Gasteiger partial charge on any atom is -0.305 e. The second kappa shape index (κ2) is 5.99. The molecule has 4 nitrogen and oxygen atoms in total. The molecule has 118 valence electrons. The van der Waals surface area contributed by atoms with Crippen LogP contribution in [0.5, 0.6) is 0 Å². The minimum atomic E-state index is -1.71. The molecule has 0 spiro atoms. The monoisotopic (exact) mass is 340 g/mol. The van der Waals surface area contributed by atoms with E-state index in [4.69, 9.17) is 0 Å². The summed E-state index contributed by atoms with van der Waals surface area (Å²) in [6.45, 7) is 0. The summed E-state index contributed by atoms with van der Waals surface area (Å²) in [4.78, 5) is 1.65. The van der Waals surface area contributed by atoms with E-state index in [0.717, 1.165) is 5.56 Å². The average Bonchev–Trinajstić information content (AvgIpc) is 2.91. The highest BCUT2D eigenvalue weighted by molar-refractivity contribution is 7.99. The summed E-state index contributed by atoms with van der Waals surface area (Å²) in [5, 5.41) is 7.81. The molecule has 0 saturated carbocycles. The lowest BCUT2D eigenvalue weighted by Gasteiger charge is -2.06. The molecule has 0 atom stereocenters. The SMILES string of the molecule is Cn1c(Sc2c(F)c(F)nc(F)c2F)nnc1-c1ccccc1. The zero-order valence-corrected chi connectivity index (χ0v) is 12.4. The van der Waals surface area contributed by atoms with Gasteiger partial charge in [0.2, 0.25) is 0 Å². The fourth-order valence-electron chi connectivity index (χ4n) is 1.89. The van der Waals surface area contributed by atoms with Crippen molar-refractivity contribution in [2.75, 3.05) is 0 Å². The third-order valence-corrected chi connectivity index (χ3v) is 4.12. The fraction of sp³-hybridized carbons (Fsp3) is 0.0714. The lowest BCUT2D eigenvalue weighted by molar-refractivity contribution is 0.383. The maximum absolute atomic E-state index is 13.7. The van der Waals surface area contributed by atoms with E-state index in [-0.39, 0.29) is 5.16 Å². The Bertz CT molecular complexity index is 841. The number of hydrogen-bond acceptors (Lipinski definition) is 4. The van der Waals surface area contributed by atoms with E-state index in [1.165, 1.54) is 4.57 Å². The van der Waals surface area contributed by atoms with Gasteiger partial charge in [-0.1, -0.05) is 30.3 Å². The number of pyridine rings is 1. The number of rotatable bonds is 3. The van der Waals surface area contributed by atoms with Crippen molar-refractivity contribution in [3.05, 3.63) is 53.9 Å². The zero-order valence-electron chi connectivity index (χ0n) is 11.6. The van der Waals surface area contributed by atoms with Crippen molar-refractivity contribution in [2.45, 2.75) is 10.1 Å². The number of benzene rings is 1. The Labute approximate surface area is 132 Å². The van der Waals surface area contributed by atoms with Crippen LogP contribution in [-0.2, 0) is 7.05 Å². The van der Waals surface area contributed by atoms with Crippen LogP contribution in [0, 0.1) is 23.5 Å². The number of hydrogen-bond donors (Lipinski definition) is 0. The van der Waals surface area contributed by atoms with Crippen molar-refractivity contribution < 1.29 is 17.6 Å². The molecule has 0 saturated heterocycles. The summed E-state index contributed by atoms with van der Waals surface area (Å²) in [6.07, 6.45) is 0. The van der Waals surface area contributed by atoms with Gasteiger partial charge in [-0.05, 0) is 11.8 Å². The summed E-state index contributed by atoms with van der Waals surface area (Å²) in [5.41, 5.74) is 0.738. The first-order valence-electron chi connectivity index (χ1n) is 6.31. The van der Waals surface area contributed by atoms with E-state index < -0.39 is 28.4 Å². The maximum atomic E-state index is 13.7. The molecule has 0 aliphatic rings. The third kappa shape index (κ3) is 2.79. The molecule has 3 rings (SSSR count). The van der Waals surface area contributed by atoms with Crippen molar-refractivity contribution in [3.8, 4) is 11.4 Å². The van der Waals surface area contributed by atoms with Gasteiger partial charge in [-0.2, -0.15) is 13.8 Å². The molecule has 0 fully saturated rings. The molecular formula is C14H8F4N4S. The molecule has 0 unspecified atom stereocenters. The fourth-order valence-corrected chi connectivity index (χ4v) is 2.73. The van der Waals surface area contributed by atoms with Gasteiger partial charge in [0.05, 0.1) is 4.90 Å². The predicted octanol–water partition coefficient (Wildman–Crippen LogP) is 3.58. The molecule has 0 amide bonds. The van der Waals surface area contributed by atoms with E-state index in [9.17, 15) is 17.6 Å². The van der Waals surface area contributed by atoms with Crippen LogP contribution in [0.25, 0.3) is 11.4 Å². The van der Waals surface area contributed by atoms with Crippen LogP contribution >= 0.6 is 11.8 Å². The molecule has 0 N–H and O–H groups in total. The van der Waals surface area contributed by atoms with Gasteiger partial charge < -0.3 is 4.57 Å². The third-order valence-electron chi connectivity index (χ3n) is 3.02. The quantitative estimate of drug-likeness (QED) is 0.540. The van der Waals surface area contributed by atoms with Crippen LogP contribution in [0.4, 0.5) is 17.6 Å². The largest absolute Gasteiger partial charge is 0.305 e. The Hall–Kier alpha value is -2.42. The highest BCUT2D eigenvalue weighted by atomic mass is 32.2. The minimum absolute atomic E-state index is 0.0756. The van der Waals surface area contributed by atoms with Crippen molar-refractivity contribution in [3.63, 3.8) is 0 Å². The smallest absolute Gasteiger partial charge is 0.252 e. The first-order valence-corrected chi connectivity index (χ1v) is 7.13. The van der Waals surface area contributed by atoms with Crippen molar-refractivity contribution in [1.82, 2.24) is 19.7 Å². The van der Waals surface area contributed by atoms with Crippen LogP contribution in [0.3, 0.4) is 0 Å².